The predicted octanol–water partition coefficient (Wildman–Crippen LogP) is 3.09. The summed E-state index contributed by atoms with van der Waals surface area (Å²) in [4.78, 5) is 0. The lowest BCUT2D eigenvalue weighted by molar-refractivity contribution is 0.201. The van der Waals surface area contributed by atoms with E-state index >= 15 is 0 Å². The standard InChI is InChI=1S/C13H15O5P/c1-5-6-13(18-19(14,16-3)17-4)11-7-9-12(15-2)10-8-11/h1,6-10H,2-4H3/b13-6-. The molecule has 6 heteroatoms. The van der Waals surface area contributed by atoms with Gasteiger partial charge in [-0.05, 0) is 24.3 Å². The van der Waals surface area contributed by atoms with Crippen molar-refractivity contribution in [2.24, 2.45) is 0 Å². The number of hydrogen-bond acceptors (Lipinski definition) is 5. The summed E-state index contributed by atoms with van der Waals surface area (Å²) in [7, 11) is 0.373. The van der Waals surface area contributed by atoms with Crippen LogP contribution in [0.5, 0.6) is 5.75 Å². The molecule has 0 spiro atoms. The zero-order valence-corrected chi connectivity index (χ0v) is 11.8. The van der Waals surface area contributed by atoms with Crippen LogP contribution in [-0.4, -0.2) is 21.3 Å². The molecule has 0 unspecified atom stereocenters. The molecule has 19 heavy (non-hydrogen) atoms. The first-order chi connectivity index (χ1) is 9.08. The van der Waals surface area contributed by atoms with Crippen LogP contribution in [0.1, 0.15) is 5.56 Å². The van der Waals surface area contributed by atoms with Crippen LogP contribution in [0, 0.1) is 12.3 Å². The molecule has 0 N–H and O–H groups in total. The summed E-state index contributed by atoms with van der Waals surface area (Å²) >= 11 is 0. The maximum atomic E-state index is 11.9. The molecular weight excluding hydrogens is 267 g/mol. The molecule has 0 aliphatic heterocycles. The van der Waals surface area contributed by atoms with Gasteiger partial charge in [-0.1, -0.05) is 5.92 Å². The van der Waals surface area contributed by atoms with Crippen molar-refractivity contribution < 1.29 is 22.9 Å². The van der Waals surface area contributed by atoms with Crippen LogP contribution in [-0.2, 0) is 18.1 Å². The van der Waals surface area contributed by atoms with Crippen molar-refractivity contribution in [3.63, 3.8) is 0 Å². The first-order valence-electron chi connectivity index (χ1n) is 5.30. The van der Waals surface area contributed by atoms with Gasteiger partial charge >= 0.3 is 7.82 Å². The second-order valence-corrected chi connectivity index (χ2v) is 5.11. The van der Waals surface area contributed by atoms with Gasteiger partial charge in [0.1, 0.15) is 11.5 Å². The third-order valence-electron chi connectivity index (χ3n) is 2.25. The summed E-state index contributed by atoms with van der Waals surface area (Å²) in [6, 6.07) is 6.90. The highest BCUT2D eigenvalue weighted by Gasteiger charge is 2.26. The maximum absolute atomic E-state index is 11.9. The Labute approximate surface area is 112 Å². The molecule has 0 fully saturated rings. The van der Waals surface area contributed by atoms with Gasteiger partial charge in [-0.25, -0.2) is 4.57 Å². The smallest absolute Gasteiger partial charge is 0.497 e. The number of methoxy groups -OCH3 is 1. The topological polar surface area (TPSA) is 54.0 Å². The Morgan fingerprint density at radius 2 is 1.79 bits per heavy atom. The molecule has 0 aliphatic carbocycles. The van der Waals surface area contributed by atoms with Gasteiger partial charge in [0.25, 0.3) is 0 Å². The van der Waals surface area contributed by atoms with Crippen molar-refractivity contribution in [3.8, 4) is 18.1 Å². The third-order valence-corrected chi connectivity index (χ3v) is 3.56. The minimum atomic E-state index is -3.65. The summed E-state index contributed by atoms with van der Waals surface area (Å²) in [5, 5.41) is 0. The van der Waals surface area contributed by atoms with Crippen LogP contribution < -0.4 is 4.74 Å². The highest BCUT2D eigenvalue weighted by molar-refractivity contribution is 7.48. The Balaban J connectivity index is 3.05. The van der Waals surface area contributed by atoms with Crippen LogP contribution in [0.3, 0.4) is 0 Å². The Kier molecular flexibility index (Phi) is 5.65. The van der Waals surface area contributed by atoms with E-state index in [2.05, 4.69) is 5.92 Å². The van der Waals surface area contributed by atoms with Crippen LogP contribution in [0.4, 0.5) is 0 Å². The average molecular weight is 282 g/mol. The van der Waals surface area contributed by atoms with Gasteiger partial charge in [0.15, 0.2) is 0 Å². The highest BCUT2D eigenvalue weighted by Crippen LogP contribution is 2.51. The fraction of sp³-hybridized carbons (Fsp3) is 0.231. The number of benzene rings is 1. The summed E-state index contributed by atoms with van der Waals surface area (Å²) in [5.41, 5.74) is 0.632. The zero-order valence-electron chi connectivity index (χ0n) is 11.0. The minimum absolute atomic E-state index is 0.220. The predicted molar refractivity (Wildman–Crippen MR) is 72.5 cm³/mol. The summed E-state index contributed by atoms with van der Waals surface area (Å²) < 4.78 is 31.6. The Hall–Kier alpha value is -1.73. The van der Waals surface area contributed by atoms with E-state index in [4.69, 9.17) is 24.7 Å². The second-order valence-electron chi connectivity index (χ2n) is 3.31. The molecule has 0 radical (unpaired) electrons. The Bertz CT molecular complexity index is 519. The fourth-order valence-electron chi connectivity index (χ4n) is 1.26. The van der Waals surface area contributed by atoms with E-state index in [9.17, 15) is 4.57 Å². The lowest BCUT2D eigenvalue weighted by Gasteiger charge is -2.16. The molecule has 0 aromatic heterocycles. The molecule has 1 rings (SSSR count). The molecule has 102 valence electrons. The van der Waals surface area contributed by atoms with Crippen molar-refractivity contribution in [1.29, 1.82) is 0 Å². The van der Waals surface area contributed by atoms with Crippen molar-refractivity contribution in [1.82, 2.24) is 0 Å². The van der Waals surface area contributed by atoms with Gasteiger partial charge in [-0.2, -0.15) is 0 Å². The lowest BCUT2D eigenvalue weighted by atomic mass is 10.2. The van der Waals surface area contributed by atoms with Crippen LogP contribution >= 0.6 is 7.82 Å². The first-order valence-corrected chi connectivity index (χ1v) is 6.76. The van der Waals surface area contributed by atoms with E-state index in [1.54, 1.807) is 31.4 Å². The number of phosphoric acid groups is 1. The van der Waals surface area contributed by atoms with Gasteiger partial charge < -0.3 is 9.26 Å². The largest absolute Gasteiger partial charge is 0.529 e. The summed E-state index contributed by atoms with van der Waals surface area (Å²) in [6.07, 6.45) is 6.56. The van der Waals surface area contributed by atoms with Crippen molar-refractivity contribution >= 4 is 13.6 Å². The Morgan fingerprint density at radius 1 is 1.21 bits per heavy atom. The molecule has 0 amide bonds. The van der Waals surface area contributed by atoms with E-state index in [0.717, 1.165) is 0 Å². The fourth-order valence-corrected chi connectivity index (χ4v) is 1.96. The van der Waals surface area contributed by atoms with Crippen LogP contribution in [0.25, 0.3) is 5.76 Å². The van der Waals surface area contributed by atoms with Gasteiger partial charge in [0.2, 0.25) is 0 Å². The van der Waals surface area contributed by atoms with Gasteiger partial charge in [-0.15, -0.1) is 6.42 Å². The van der Waals surface area contributed by atoms with Crippen LogP contribution in [0.15, 0.2) is 30.3 Å². The number of allylic oxidation sites excluding steroid dienone is 1. The molecule has 1 aromatic rings. The van der Waals surface area contributed by atoms with Crippen LogP contribution in [0.2, 0.25) is 0 Å². The normalized spacial score (nSPS) is 11.8. The van der Waals surface area contributed by atoms with Crippen molar-refractivity contribution in [2.75, 3.05) is 21.3 Å². The zero-order chi connectivity index (χ0) is 14.3. The average Bonchev–Trinajstić information content (AvgIpc) is 2.47. The number of rotatable bonds is 6. The SMILES string of the molecule is C#C/C=C(\OP(=O)(OC)OC)c1ccc(OC)cc1. The molecule has 0 heterocycles. The van der Waals surface area contributed by atoms with Crippen molar-refractivity contribution in [2.45, 2.75) is 0 Å². The minimum Gasteiger partial charge on any atom is -0.497 e. The number of phosphoric ester groups is 1. The molecule has 0 aliphatic rings. The monoisotopic (exact) mass is 282 g/mol. The Morgan fingerprint density at radius 3 is 2.21 bits per heavy atom. The van der Waals surface area contributed by atoms with Crippen molar-refractivity contribution in [3.05, 3.63) is 35.9 Å². The maximum Gasteiger partial charge on any atom is 0.529 e. The molecule has 0 saturated heterocycles. The van der Waals surface area contributed by atoms with Gasteiger partial charge in [0, 0.05) is 25.9 Å². The van der Waals surface area contributed by atoms with E-state index in [1.807, 2.05) is 0 Å². The van der Waals surface area contributed by atoms with E-state index in [-0.39, 0.29) is 5.76 Å². The summed E-state index contributed by atoms with van der Waals surface area (Å²) in [5.74, 6) is 3.22. The number of hydrogen-bond donors (Lipinski definition) is 0. The molecule has 5 nitrogen and oxygen atoms in total. The van der Waals surface area contributed by atoms with Gasteiger partial charge in [0.05, 0.1) is 7.11 Å². The lowest BCUT2D eigenvalue weighted by Crippen LogP contribution is -1.96. The second kappa shape index (κ2) is 7.01. The number of ether oxygens (including phenoxy) is 1. The highest BCUT2D eigenvalue weighted by atomic mass is 31.2. The van der Waals surface area contributed by atoms with E-state index < -0.39 is 7.82 Å². The number of terminal acetylenes is 1. The summed E-state index contributed by atoms with van der Waals surface area (Å²) in [6.45, 7) is 0. The molecule has 0 saturated carbocycles. The first kappa shape index (κ1) is 15.3. The van der Waals surface area contributed by atoms with E-state index in [1.165, 1.54) is 20.3 Å². The molecular formula is C13H15O5P. The molecule has 0 atom stereocenters. The third kappa shape index (κ3) is 4.15. The van der Waals surface area contributed by atoms with E-state index in [0.29, 0.717) is 11.3 Å². The quantitative estimate of drug-likeness (QED) is 0.456. The van der Waals surface area contributed by atoms with Gasteiger partial charge in [-0.3, -0.25) is 9.05 Å². The molecule has 0 bridgehead atoms. The molecule has 1 aromatic carbocycles.